The van der Waals surface area contributed by atoms with Gasteiger partial charge in [-0.05, 0) is 36.3 Å². The van der Waals surface area contributed by atoms with E-state index >= 15 is 0 Å². The highest BCUT2D eigenvalue weighted by Crippen LogP contribution is 2.44. The predicted octanol–water partition coefficient (Wildman–Crippen LogP) is 3.56. The van der Waals surface area contributed by atoms with Gasteiger partial charge >= 0.3 is 0 Å². The molecule has 2 heteroatoms. The first-order valence-electron chi connectivity index (χ1n) is 7.11. The smallest absolute Gasteiger partial charge is 0.0422 e. The monoisotopic (exact) mass is 246 g/mol. The number of hydrogen-bond acceptors (Lipinski definition) is 2. The molecule has 0 radical (unpaired) electrons. The molecule has 2 atom stereocenters. The van der Waals surface area contributed by atoms with Crippen LogP contribution < -0.4 is 5.73 Å². The van der Waals surface area contributed by atoms with Crippen molar-refractivity contribution in [2.24, 2.45) is 17.1 Å². The molecular formula is C16H26N2. The summed E-state index contributed by atoms with van der Waals surface area (Å²) in [5.41, 5.74) is 8.12. The fraction of sp³-hybridized carbons (Fsp3) is 0.688. The first-order chi connectivity index (χ1) is 8.42. The molecule has 2 nitrogen and oxygen atoms in total. The quantitative estimate of drug-likeness (QED) is 0.866. The lowest BCUT2D eigenvalue weighted by atomic mass is 9.61. The second-order valence-electron chi connectivity index (χ2n) is 6.90. The van der Waals surface area contributed by atoms with Crippen LogP contribution in [0, 0.1) is 11.3 Å². The topological polar surface area (TPSA) is 38.9 Å². The van der Waals surface area contributed by atoms with E-state index in [0.717, 1.165) is 18.5 Å². The maximum Gasteiger partial charge on any atom is 0.0422 e. The zero-order valence-corrected chi connectivity index (χ0v) is 11.9. The molecule has 1 aliphatic rings. The first-order valence-corrected chi connectivity index (χ1v) is 7.11. The van der Waals surface area contributed by atoms with Crippen molar-refractivity contribution in [2.75, 3.05) is 0 Å². The molecule has 1 aromatic heterocycles. The molecule has 1 fully saturated rings. The summed E-state index contributed by atoms with van der Waals surface area (Å²) < 4.78 is 0. The molecule has 0 aliphatic heterocycles. The Morgan fingerprint density at radius 2 is 2.11 bits per heavy atom. The molecule has 18 heavy (non-hydrogen) atoms. The van der Waals surface area contributed by atoms with Crippen LogP contribution >= 0.6 is 0 Å². The van der Waals surface area contributed by atoms with Gasteiger partial charge in [-0.2, -0.15) is 0 Å². The standard InChI is InChI=1S/C16H26N2/c1-15(2,3)14-9-4-6-10-16(14,17)12-13-8-5-7-11-18-13/h5,7-8,11,14H,4,6,9-10,12,17H2,1-3H3. The third-order valence-corrected chi connectivity index (χ3v) is 4.36. The Labute approximate surface area is 111 Å². The summed E-state index contributed by atoms with van der Waals surface area (Å²) in [4.78, 5) is 4.45. The fourth-order valence-corrected chi connectivity index (χ4v) is 3.61. The Morgan fingerprint density at radius 3 is 2.72 bits per heavy atom. The van der Waals surface area contributed by atoms with Gasteiger partial charge in [0.15, 0.2) is 0 Å². The zero-order valence-electron chi connectivity index (χ0n) is 11.9. The number of nitrogens with zero attached hydrogens (tertiary/aromatic N) is 1. The van der Waals surface area contributed by atoms with Crippen molar-refractivity contribution < 1.29 is 0 Å². The SMILES string of the molecule is CC(C)(C)C1CCCCC1(N)Cc1ccccn1. The second kappa shape index (κ2) is 5.00. The minimum atomic E-state index is -0.0785. The van der Waals surface area contributed by atoms with Crippen molar-refractivity contribution >= 4 is 0 Å². The van der Waals surface area contributed by atoms with Gasteiger partial charge in [-0.1, -0.05) is 39.7 Å². The van der Waals surface area contributed by atoms with E-state index in [4.69, 9.17) is 5.73 Å². The molecule has 1 aliphatic carbocycles. The Kier molecular flexibility index (Phi) is 3.76. The Bertz CT molecular complexity index is 380. The molecular weight excluding hydrogens is 220 g/mol. The molecule has 0 saturated heterocycles. The molecule has 2 N–H and O–H groups in total. The Balaban J connectivity index is 2.21. The second-order valence-corrected chi connectivity index (χ2v) is 6.90. The van der Waals surface area contributed by atoms with E-state index in [-0.39, 0.29) is 11.0 Å². The zero-order chi connectivity index (χ0) is 13.2. The molecule has 0 bridgehead atoms. The van der Waals surface area contributed by atoms with E-state index in [1.54, 1.807) is 0 Å². The van der Waals surface area contributed by atoms with Crippen LogP contribution in [-0.2, 0) is 6.42 Å². The summed E-state index contributed by atoms with van der Waals surface area (Å²) in [6.07, 6.45) is 7.75. The van der Waals surface area contributed by atoms with Crippen molar-refractivity contribution in [1.29, 1.82) is 0 Å². The summed E-state index contributed by atoms with van der Waals surface area (Å²) in [7, 11) is 0. The van der Waals surface area contributed by atoms with E-state index in [9.17, 15) is 0 Å². The average molecular weight is 246 g/mol. The normalized spacial score (nSPS) is 29.2. The largest absolute Gasteiger partial charge is 0.324 e. The van der Waals surface area contributed by atoms with Gasteiger partial charge < -0.3 is 5.73 Å². The fourth-order valence-electron chi connectivity index (χ4n) is 3.61. The summed E-state index contributed by atoms with van der Waals surface area (Å²) in [6, 6.07) is 6.12. The van der Waals surface area contributed by atoms with Crippen LogP contribution in [0.15, 0.2) is 24.4 Å². The van der Waals surface area contributed by atoms with Crippen molar-refractivity contribution in [3.05, 3.63) is 30.1 Å². The van der Waals surface area contributed by atoms with Gasteiger partial charge in [-0.15, -0.1) is 0 Å². The van der Waals surface area contributed by atoms with Gasteiger partial charge in [0.1, 0.15) is 0 Å². The van der Waals surface area contributed by atoms with Gasteiger partial charge in [0, 0.05) is 23.9 Å². The maximum atomic E-state index is 6.78. The number of nitrogens with two attached hydrogens (primary N) is 1. The van der Waals surface area contributed by atoms with E-state index in [2.05, 4.69) is 37.9 Å². The Morgan fingerprint density at radius 1 is 1.33 bits per heavy atom. The van der Waals surface area contributed by atoms with Crippen LogP contribution in [0.2, 0.25) is 0 Å². The summed E-state index contributed by atoms with van der Waals surface area (Å²) in [5, 5.41) is 0. The van der Waals surface area contributed by atoms with Crippen molar-refractivity contribution in [3.63, 3.8) is 0 Å². The van der Waals surface area contributed by atoms with Gasteiger partial charge in [-0.3, -0.25) is 4.98 Å². The highest BCUT2D eigenvalue weighted by atomic mass is 14.8. The van der Waals surface area contributed by atoms with Crippen molar-refractivity contribution in [3.8, 4) is 0 Å². The lowest BCUT2D eigenvalue weighted by molar-refractivity contribution is 0.0786. The lowest BCUT2D eigenvalue weighted by Crippen LogP contribution is -2.55. The summed E-state index contributed by atoms with van der Waals surface area (Å²) in [5.74, 6) is 0.584. The molecule has 1 aromatic rings. The number of pyridine rings is 1. The molecule has 2 unspecified atom stereocenters. The molecule has 0 aromatic carbocycles. The van der Waals surface area contributed by atoms with Crippen molar-refractivity contribution in [1.82, 2.24) is 4.98 Å². The first kappa shape index (κ1) is 13.5. The maximum absolute atomic E-state index is 6.78. The van der Waals surface area contributed by atoms with Crippen LogP contribution in [0.1, 0.15) is 52.1 Å². The van der Waals surface area contributed by atoms with E-state index in [1.165, 1.54) is 19.3 Å². The van der Waals surface area contributed by atoms with E-state index in [1.807, 2.05) is 12.3 Å². The van der Waals surface area contributed by atoms with Crippen LogP contribution in [0.3, 0.4) is 0 Å². The Hall–Kier alpha value is -0.890. The third-order valence-electron chi connectivity index (χ3n) is 4.36. The highest BCUT2D eigenvalue weighted by Gasteiger charge is 2.43. The van der Waals surface area contributed by atoms with E-state index in [0.29, 0.717) is 5.92 Å². The molecule has 1 saturated carbocycles. The minimum absolute atomic E-state index is 0.0785. The van der Waals surface area contributed by atoms with Crippen LogP contribution in [-0.4, -0.2) is 10.5 Å². The van der Waals surface area contributed by atoms with Crippen LogP contribution in [0.5, 0.6) is 0 Å². The summed E-state index contributed by atoms with van der Waals surface area (Å²) >= 11 is 0. The van der Waals surface area contributed by atoms with Crippen LogP contribution in [0.4, 0.5) is 0 Å². The molecule has 1 heterocycles. The molecule has 100 valence electrons. The van der Waals surface area contributed by atoms with Gasteiger partial charge in [0.05, 0.1) is 0 Å². The number of rotatable bonds is 2. The predicted molar refractivity (Wildman–Crippen MR) is 76.3 cm³/mol. The average Bonchev–Trinajstić information content (AvgIpc) is 2.28. The highest BCUT2D eigenvalue weighted by molar-refractivity contribution is 5.11. The molecule has 2 rings (SSSR count). The number of hydrogen-bond donors (Lipinski definition) is 1. The molecule has 0 amide bonds. The third kappa shape index (κ3) is 2.92. The number of aromatic nitrogens is 1. The van der Waals surface area contributed by atoms with Gasteiger partial charge in [0.25, 0.3) is 0 Å². The molecule has 0 spiro atoms. The van der Waals surface area contributed by atoms with Crippen molar-refractivity contribution in [2.45, 2.75) is 58.4 Å². The van der Waals surface area contributed by atoms with Crippen LogP contribution in [0.25, 0.3) is 0 Å². The summed E-state index contributed by atoms with van der Waals surface area (Å²) in [6.45, 7) is 6.97. The van der Waals surface area contributed by atoms with Gasteiger partial charge in [0.2, 0.25) is 0 Å². The minimum Gasteiger partial charge on any atom is -0.324 e. The van der Waals surface area contributed by atoms with E-state index < -0.39 is 0 Å². The lowest BCUT2D eigenvalue weighted by Gasteiger charge is -2.48. The van der Waals surface area contributed by atoms with Gasteiger partial charge in [-0.25, -0.2) is 0 Å².